The third kappa shape index (κ3) is 2.54. The molecule has 1 atom stereocenters. The molecular formula is C13H13N3O5S. The van der Waals surface area contributed by atoms with Crippen molar-refractivity contribution in [1.29, 1.82) is 0 Å². The van der Waals surface area contributed by atoms with E-state index in [2.05, 4.69) is 10.6 Å². The minimum absolute atomic E-state index is 0.151. The molecule has 116 valence electrons. The summed E-state index contributed by atoms with van der Waals surface area (Å²) in [5, 5.41) is 13.1. The molecule has 2 aliphatic heterocycles. The van der Waals surface area contributed by atoms with Gasteiger partial charge in [-0.15, -0.1) is 11.3 Å². The van der Waals surface area contributed by atoms with Crippen molar-refractivity contribution in [3.05, 3.63) is 21.4 Å². The number of nitrogens with zero attached hydrogens (tertiary/aromatic N) is 1. The van der Waals surface area contributed by atoms with Gasteiger partial charge in [-0.1, -0.05) is 0 Å². The Kier molecular flexibility index (Phi) is 3.57. The first-order valence-corrected chi connectivity index (χ1v) is 7.50. The smallest absolute Gasteiger partial charge is 0.404 e. The number of piperidine rings is 1. The van der Waals surface area contributed by atoms with Gasteiger partial charge in [0.25, 0.3) is 5.91 Å². The highest BCUT2D eigenvalue weighted by atomic mass is 32.1. The molecule has 0 bridgehead atoms. The number of thiophene rings is 1. The van der Waals surface area contributed by atoms with Crippen molar-refractivity contribution in [1.82, 2.24) is 15.5 Å². The molecule has 1 fully saturated rings. The van der Waals surface area contributed by atoms with Crippen LogP contribution in [-0.4, -0.2) is 39.9 Å². The summed E-state index contributed by atoms with van der Waals surface area (Å²) in [7, 11) is 0. The molecule has 0 saturated carbocycles. The van der Waals surface area contributed by atoms with E-state index < -0.39 is 18.0 Å². The Morgan fingerprint density at radius 3 is 2.86 bits per heavy atom. The molecule has 8 nitrogen and oxygen atoms in total. The van der Waals surface area contributed by atoms with Crippen molar-refractivity contribution in [3.8, 4) is 0 Å². The summed E-state index contributed by atoms with van der Waals surface area (Å²) in [6, 6.07) is 1.16. The van der Waals surface area contributed by atoms with E-state index in [0.29, 0.717) is 17.8 Å². The Bertz CT molecular complexity index is 683. The van der Waals surface area contributed by atoms with Crippen LogP contribution in [-0.2, 0) is 22.7 Å². The van der Waals surface area contributed by atoms with Gasteiger partial charge in [0.1, 0.15) is 6.04 Å². The van der Waals surface area contributed by atoms with Crippen molar-refractivity contribution in [2.45, 2.75) is 32.0 Å². The van der Waals surface area contributed by atoms with E-state index in [0.717, 1.165) is 10.4 Å². The van der Waals surface area contributed by atoms with Crippen LogP contribution in [0.3, 0.4) is 0 Å². The van der Waals surface area contributed by atoms with E-state index in [1.807, 2.05) is 0 Å². The first-order valence-electron chi connectivity index (χ1n) is 6.68. The first kappa shape index (κ1) is 14.5. The van der Waals surface area contributed by atoms with Gasteiger partial charge in [-0.2, -0.15) is 0 Å². The Labute approximate surface area is 129 Å². The molecule has 1 aromatic heterocycles. The molecular weight excluding hydrogens is 310 g/mol. The standard InChI is InChI=1S/C13H13N3O5S/c17-9-2-1-8(11(18)15-9)16-5-6-3-7(4-14-13(20)21)22-10(6)12(16)19/h3,8,14H,1-2,4-5H2,(H,20,21)(H,15,17,18). The molecule has 4 amide bonds. The van der Waals surface area contributed by atoms with Crippen LogP contribution < -0.4 is 10.6 Å². The minimum atomic E-state index is -1.12. The molecule has 0 radical (unpaired) electrons. The number of nitrogens with one attached hydrogen (secondary N) is 2. The normalized spacial score (nSPS) is 20.8. The van der Waals surface area contributed by atoms with Crippen molar-refractivity contribution in [2.24, 2.45) is 0 Å². The predicted octanol–water partition coefficient (Wildman–Crippen LogP) is 0.277. The highest BCUT2D eigenvalue weighted by Crippen LogP contribution is 2.33. The number of rotatable bonds is 3. The van der Waals surface area contributed by atoms with Gasteiger partial charge in [-0.25, -0.2) is 4.79 Å². The topological polar surface area (TPSA) is 116 Å². The molecule has 9 heteroatoms. The zero-order valence-electron chi connectivity index (χ0n) is 11.4. The third-order valence-electron chi connectivity index (χ3n) is 3.66. The van der Waals surface area contributed by atoms with E-state index in [1.165, 1.54) is 16.2 Å². The van der Waals surface area contributed by atoms with Gasteiger partial charge in [-0.05, 0) is 18.1 Å². The van der Waals surface area contributed by atoms with Crippen LogP contribution in [0.4, 0.5) is 4.79 Å². The van der Waals surface area contributed by atoms with Gasteiger partial charge in [0.15, 0.2) is 0 Å². The number of hydrogen-bond acceptors (Lipinski definition) is 5. The molecule has 22 heavy (non-hydrogen) atoms. The van der Waals surface area contributed by atoms with Crippen LogP contribution in [0.1, 0.15) is 33.0 Å². The maximum atomic E-state index is 12.4. The Hall–Kier alpha value is -2.42. The van der Waals surface area contributed by atoms with E-state index in [1.54, 1.807) is 6.07 Å². The largest absolute Gasteiger partial charge is 0.465 e. The fraction of sp³-hybridized carbons (Fsp3) is 0.385. The van der Waals surface area contributed by atoms with Crippen LogP contribution in [0.2, 0.25) is 0 Å². The number of hydrogen-bond donors (Lipinski definition) is 3. The number of fused-ring (bicyclic) bond motifs is 1. The van der Waals surface area contributed by atoms with Crippen LogP contribution >= 0.6 is 11.3 Å². The summed E-state index contributed by atoms with van der Waals surface area (Å²) in [6.45, 7) is 0.461. The second-order valence-electron chi connectivity index (χ2n) is 5.13. The van der Waals surface area contributed by atoms with Crippen molar-refractivity contribution >= 4 is 35.2 Å². The molecule has 1 unspecified atom stereocenters. The lowest BCUT2D eigenvalue weighted by Gasteiger charge is -2.29. The highest BCUT2D eigenvalue weighted by molar-refractivity contribution is 7.14. The number of carbonyl (C=O) groups excluding carboxylic acids is 3. The summed E-state index contributed by atoms with van der Waals surface area (Å²) >= 11 is 1.23. The highest BCUT2D eigenvalue weighted by Gasteiger charge is 2.40. The van der Waals surface area contributed by atoms with E-state index in [-0.39, 0.29) is 24.8 Å². The van der Waals surface area contributed by atoms with Crippen LogP contribution in [0, 0.1) is 0 Å². The van der Waals surface area contributed by atoms with Crippen LogP contribution in [0.5, 0.6) is 0 Å². The maximum absolute atomic E-state index is 12.4. The van der Waals surface area contributed by atoms with Crippen LogP contribution in [0.15, 0.2) is 6.07 Å². The van der Waals surface area contributed by atoms with Gasteiger partial charge in [0.2, 0.25) is 11.8 Å². The molecule has 1 saturated heterocycles. The zero-order valence-corrected chi connectivity index (χ0v) is 12.2. The van der Waals surface area contributed by atoms with Crippen molar-refractivity contribution in [3.63, 3.8) is 0 Å². The number of amides is 4. The van der Waals surface area contributed by atoms with E-state index >= 15 is 0 Å². The average molecular weight is 323 g/mol. The molecule has 3 N–H and O–H groups in total. The van der Waals surface area contributed by atoms with E-state index in [9.17, 15) is 19.2 Å². The monoisotopic (exact) mass is 323 g/mol. The summed E-state index contributed by atoms with van der Waals surface area (Å²) in [6.07, 6.45) is -0.564. The van der Waals surface area contributed by atoms with Crippen molar-refractivity contribution in [2.75, 3.05) is 0 Å². The summed E-state index contributed by atoms with van der Waals surface area (Å²) < 4.78 is 0. The second-order valence-corrected chi connectivity index (χ2v) is 6.26. The molecule has 1 aromatic rings. The predicted molar refractivity (Wildman–Crippen MR) is 75.2 cm³/mol. The van der Waals surface area contributed by atoms with Gasteiger partial charge < -0.3 is 15.3 Å². The SMILES string of the molecule is O=C(O)NCc1cc2c(s1)C(=O)N(C1CCC(=O)NC1=O)C2. The molecule has 3 rings (SSSR count). The fourth-order valence-corrected chi connectivity index (χ4v) is 3.72. The summed E-state index contributed by atoms with van der Waals surface area (Å²) in [5.41, 5.74) is 0.793. The fourth-order valence-electron chi connectivity index (χ4n) is 2.65. The Morgan fingerprint density at radius 1 is 1.45 bits per heavy atom. The molecule has 3 heterocycles. The van der Waals surface area contributed by atoms with Gasteiger partial charge in [-0.3, -0.25) is 19.7 Å². The summed E-state index contributed by atoms with van der Waals surface area (Å²) in [4.78, 5) is 48.7. The Balaban J connectivity index is 1.72. The lowest BCUT2D eigenvalue weighted by molar-refractivity contribution is -0.136. The molecule has 0 spiro atoms. The molecule has 2 aliphatic rings. The zero-order chi connectivity index (χ0) is 15.9. The second kappa shape index (κ2) is 5.41. The van der Waals surface area contributed by atoms with Gasteiger partial charge >= 0.3 is 6.09 Å². The lowest BCUT2D eigenvalue weighted by atomic mass is 10.0. The van der Waals surface area contributed by atoms with Crippen molar-refractivity contribution < 1.29 is 24.3 Å². The number of imide groups is 1. The molecule has 0 aliphatic carbocycles. The third-order valence-corrected chi connectivity index (χ3v) is 4.82. The maximum Gasteiger partial charge on any atom is 0.404 e. The quantitative estimate of drug-likeness (QED) is 0.691. The van der Waals surface area contributed by atoms with E-state index in [4.69, 9.17) is 5.11 Å². The minimum Gasteiger partial charge on any atom is -0.465 e. The Morgan fingerprint density at radius 2 is 2.23 bits per heavy atom. The molecule has 0 aromatic carbocycles. The summed E-state index contributed by atoms with van der Waals surface area (Å²) in [5.74, 6) is -0.992. The first-order chi connectivity index (χ1) is 10.5. The number of carboxylic acid groups (broad SMARTS) is 1. The lowest BCUT2D eigenvalue weighted by Crippen LogP contribution is -2.52. The van der Waals surface area contributed by atoms with Crippen LogP contribution in [0.25, 0.3) is 0 Å². The van der Waals surface area contributed by atoms with Gasteiger partial charge in [0.05, 0.1) is 11.4 Å². The van der Waals surface area contributed by atoms with Gasteiger partial charge in [0, 0.05) is 17.8 Å². The average Bonchev–Trinajstić information content (AvgIpc) is 2.97. The number of carbonyl (C=O) groups is 4.